The molecule has 184 valence electrons. The molecule has 0 aliphatic carbocycles. The number of carbonyl (C=O) groups is 2. The molecule has 7 nitrogen and oxygen atoms in total. The number of anilines is 1. The molecule has 1 unspecified atom stereocenters. The lowest BCUT2D eigenvalue weighted by molar-refractivity contribution is -0.124. The molecule has 0 bridgehead atoms. The van der Waals surface area contributed by atoms with E-state index in [1.54, 1.807) is 43.3 Å². The quantitative estimate of drug-likeness (QED) is 0.338. The minimum absolute atomic E-state index is 0.0662. The van der Waals surface area contributed by atoms with Crippen molar-refractivity contribution in [2.24, 2.45) is 7.05 Å². The Labute approximate surface area is 213 Å². The minimum Gasteiger partial charge on any atom is -0.495 e. The molecule has 0 radical (unpaired) electrons. The second-order valence-corrected chi connectivity index (χ2v) is 8.57. The van der Waals surface area contributed by atoms with Crippen molar-refractivity contribution in [3.05, 3.63) is 93.9 Å². The van der Waals surface area contributed by atoms with Gasteiger partial charge in [0.2, 0.25) is 0 Å². The third-order valence-corrected chi connectivity index (χ3v) is 6.13. The number of methoxy groups -OCH3 is 1. The first-order valence-electron chi connectivity index (χ1n) is 11.4. The molecule has 0 saturated carbocycles. The van der Waals surface area contributed by atoms with Gasteiger partial charge in [-0.1, -0.05) is 67.1 Å². The molecule has 0 aliphatic heterocycles. The molecule has 0 fully saturated rings. The van der Waals surface area contributed by atoms with Gasteiger partial charge in [-0.3, -0.25) is 9.59 Å². The Hall–Kier alpha value is -4.10. The topological polar surface area (TPSA) is 86.6 Å². The molecule has 1 atom stereocenters. The Morgan fingerprint density at radius 2 is 1.67 bits per heavy atom. The lowest BCUT2D eigenvalue weighted by Gasteiger charge is -2.20. The number of halogens is 1. The SMILES string of the molecule is CCC(OC(=O)c1c(-c2ccccc2)c2ccccc2c(=O)n1C)C(=O)Nc1cc(Cl)ccc1OC. The Kier molecular flexibility index (Phi) is 7.41. The van der Waals surface area contributed by atoms with Crippen molar-refractivity contribution in [3.8, 4) is 16.9 Å². The van der Waals surface area contributed by atoms with Crippen LogP contribution in [-0.2, 0) is 16.6 Å². The molecule has 3 aromatic carbocycles. The second kappa shape index (κ2) is 10.7. The number of amides is 1. The number of ether oxygens (including phenoxy) is 2. The van der Waals surface area contributed by atoms with Crippen molar-refractivity contribution in [2.75, 3.05) is 12.4 Å². The standard InChI is InChI=1S/C28H25ClN2O5/c1-4-22(26(32)30-21-16-18(29)14-15-23(21)35-3)36-28(34)25-24(17-10-6-5-7-11-17)19-12-8-9-13-20(19)27(33)31(25)2/h5-16,22H,4H2,1-3H3,(H,30,32). The molecule has 1 heterocycles. The van der Waals surface area contributed by atoms with Gasteiger partial charge in [0, 0.05) is 23.0 Å². The number of hydrogen-bond acceptors (Lipinski definition) is 5. The fraction of sp³-hybridized carbons (Fsp3) is 0.179. The van der Waals surface area contributed by atoms with Gasteiger partial charge in [0.05, 0.1) is 12.8 Å². The van der Waals surface area contributed by atoms with Gasteiger partial charge in [0.25, 0.3) is 11.5 Å². The fourth-order valence-corrected chi connectivity index (χ4v) is 4.27. The van der Waals surface area contributed by atoms with Crippen LogP contribution >= 0.6 is 11.6 Å². The Morgan fingerprint density at radius 3 is 2.33 bits per heavy atom. The molecule has 4 aromatic rings. The smallest absolute Gasteiger partial charge is 0.356 e. The van der Waals surface area contributed by atoms with Gasteiger partial charge in [-0.05, 0) is 41.6 Å². The van der Waals surface area contributed by atoms with E-state index in [0.717, 1.165) is 5.56 Å². The van der Waals surface area contributed by atoms with Crippen molar-refractivity contribution < 1.29 is 19.1 Å². The molecule has 0 aliphatic rings. The molecule has 36 heavy (non-hydrogen) atoms. The molecule has 1 amide bonds. The fourth-order valence-electron chi connectivity index (χ4n) is 4.10. The molecule has 1 aromatic heterocycles. The molecule has 1 N–H and O–H groups in total. The zero-order valence-electron chi connectivity index (χ0n) is 20.1. The van der Waals surface area contributed by atoms with Crippen LogP contribution in [-0.4, -0.2) is 29.7 Å². The van der Waals surface area contributed by atoms with Gasteiger partial charge in [0.15, 0.2) is 6.10 Å². The average molecular weight is 505 g/mol. The summed E-state index contributed by atoms with van der Waals surface area (Å²) in [6.07, 6.45) is -0.908. The van der Waals surface area contributed by atoms with E-state index in [1.807, 2.05) is 36.4 Å². The van der Waals surface area contributed by atoms with Crippen LogP contribution in [0.25, 0.3) is 21.9 Å². The summed E-state index contributed by atoms with van der Waals surface area (Å²) in [7, 11) is 3.00. The summed E-state index contributed by atoms with van der Waals surface area (Å²) in [5, 5.41) is 4.23. The maximum absolute atomic E-state index is 13.6. The van der Waals surface area contributed by atoms with E-state index in [0.29, 0.717) is 32.8 Å². The highest BCUT2D eigenvalue weighted by atomic mass is 35.5. The highest BCUT2D eigenvalue weighted by molar-refractivity contribution is 6.31. The van der Waals surface area contributed by atoms with Crippen LogP contribution in [0.3, 0.4) is 0 Å². The largest absolute Gasteiger partial charge is 0.495 e. The van der Waals surface area contributed by atoms with Crippen molar-refractivity contribution >= 4 is 39.9 Å². The Bertz CT molecular complexity index is 1500. The zero-order valence-corrected chi connectivity index (χ0v) is 20.8. The van der Waals surface area contributed by atoms with Crippen molar-refractivity contribution in [1.29, 1.82) is 0 Å². The van der Waals surface area contributed by atoms with E-state index in [1.165, 1.54) is 18.7 Å². The molecular weight excluding hydrogens is 480 g/mol. The van der Waals surface area contributed by atoms with Crippen molar-refractivity contribution in [2.45, 2.75) is 19.4 Å². The third kappa shape index (κ3) is 4.83. The number of fused-ring (bicyclic) bond motifs is 1. The summed E-state index contributed by atoms with van der Waals surface area (Å²) in [5.74, 6) is -0.907. The number of nitrogens with zero attached hydrogens (tertiary/aromatic N) is 1. The van der Waals surface area contributed by atoms with E-state index in [2.05, 4.69) is 5.32 Å². The number of hydrogen-bond donors (Lipinski definition) is 1. The molecular formula is C28H25ClN2O5. The first-order valence-corrected chi connectivity index (χ1v) is 11.8. The average Bonchev–Trinajstić information content (AvgIpc) is 2.89. The van der Waals surface area contributed by atoms with E-state index in [-0.39, 0.29) is 17.7 Å². The summed E-state index contributed by atoms with van der Waals surface area (Å²) in [6.45, 7) is 1.73. The summed E-state index contributed by atoms with van der Waals surface area (Å²) in [4.78, 5) is 39.7. The van der Waals surface area contributed by atoms with Crippen LogP contribution in [0.2, 0.25) is 5.02 Å². The van der Waals surface area contributed by atoms with Crippen LogP contribution < -0.4 is 15.6 Å². The highest BCUT2D eigenvalue weighted by Crippen LogP contribution is 2.32. The number of benzene rings is 3. The number of esters is 1. The maximum atomic E-state index is 13.6. The molecule has 8 heteroatoms. The molecule has 0 saturated heterocycles. The van der Waals surface area contributed by atoms with Crippen LogP contribution in [0.15, 0.2) is 77.6 Å². The summed E-state index contributed by atoms with van der Waals surface area (Å²) in [5.41, 5.74) is 1.39. The van der Waals surface area contributed by atoms with Crippen LogP contribution in [0.5, 0.6) is 5.75 Å². The normalized spacial score (nSPS) is 11.7. The van der Waals surface area contributed by atoms with Gasteiger partial charge in [-0.25, -0.2) is 4.79 Å². The van der Waals surface area contributed by atoms with Gasteiger partial charge in [-0.2, -0.15) is 0 Å². The van der Waals surface area contributed by atoms with Gasteiger partial charge >= 0.3 is 5.97 Å². The van der Waals surface area contributed by atoms with Crippen LogP contribution in [0.1, 0.15) is 23.8 Å². The highest BCUT2D eigenvalue weighted by Gasteiger charge is 2.28. The molecule has 4 rings (SSSR count). The second-order valence-electron chi connectivity index (χ2n) is 8.14. The number of rotatable bonds is 7. The first-order chi connectivity index (χ1) is 17.3. The molecule has 0 spiro atoms. The lowest BCUT2D eigenvalue weighted by atomic mass is 9.97. The van der Waals surface area contributed by atoms with Gasteiger partial charge in [-0.15, -0.1) is 0 Å². The lowest BCUT2D eigenvalue weighted by Crippen LogP contribution is -2.34. The van der Waals surface area contributed by atoms with Crippen LogP contribution in [0.4, 0.5) is 5.69 Å². The summed E-state index contributed by atoms with van der Waals surface area (Å²) in [6, 6.07) is 21.2. The van der Waals surface area contributed by atoms with E-state index >= 15 is 0 Å². The predicted molar refractivity (Wildman–Crippen MR) is 141 cm³/mol. The zero-order chi connectivity index (χ0) is 25.8. The van der Waals surface area contributed by atoms with E-state index in [9.17, 15) is 14.4 Å². The van der Waals surface area contributed by atoms with E-state index < -0.39 is 18.0 Å². The summed E-state index contributed by atoms with van der Waals surface area (Å²) >= 11 is 6.07. The first kappa shape index (κ1) is 25.0. The monoisotopic (exact) mass is 504 g/mol. The van der Waals surface area contributed by atoms with Crippen LogP contribution in [0, 0.1) is 0 Å². The Morgan fingerprint density at radius 1 is 1.00 bits per heavy atom. The maximum Gasteiger partial charge on any atom is 0.356 e. The van der Waals surface area contributed by atoms with Crippen molar-refractivity contribution in [3.63, 3.8) is 0 Å². The Balaban J connectivity index is 1.74. The number of aromatic nitrogens is 1. The minimum atomic E-state index is -1.12. The third-order valence-electron chi connectivity index (χ3n) is 5.89. The number of nitrogens with one attached hydrogen (secondary N) is 1. The van der Waals surface area contributed by atoms with Crippen molar-refractivity contribution in [1.82, 2.24) is 4.57 Å². The predicted octanol–water partition coefficient (Wildman–Crippen LogP) is 5.44. The van der Waals surface area contributed by atoms with Gasteiger partial charge < -0.3 is 19.4 Å². The van der Waals surface area contributed by atoms with Gasteiger partial charge in [0.1, 0.15) is 11.4 Å². The number of carbonyl (C=O) groups excluding carboxylic acids is 2. The van der Waals surface area contributed by atoms with E-state index in [4.69, 9.17) is 21.1 Å². The summed E-state index contributed by atoms with van der Waals surface area (Å²) < 4.78 is 12.2. The number of pyridine rings is 1.